The van der Waals surface area contributed by atoms with Crippen molar-refractivity contribution in [3.05, 3.63) is 53.5 Å². The third-order valence-corrected chi connectivity index (χ3v) is 3.37. The van der Waals surface area contributed by atoms with Crippen molar-refractivity contribution in [1.82, 2.24) is 5.32 Å². The molecule has 5 heteroatoms. The van der Waals surface area contributed by atoms with Crippen LogP contribution >= 0.6 is 11.8 Å². The number of hydrogen-bond donors (Lipinski definition) is 1. The van der Waals surface area contributed by atoms with E-state index >= 15 is 0 Å². The molecule has 0 amide bonds. The number of hydrogen-bond acceptors (Lipinski definition) is 4. The number of benzene rings is 1. The Morgan fingerprint density at radius 3 is 2.63 bits per heavy atom. The van der Waals surface area contributed by atoms with Crippen molar-refractivity contribution in [3.8, 4) is 11.5 Å². The minimum atomic E-state index is 0.585. The van der Waals surface area contributed by atoms with E-state index in [1.54, 1.807) is 17.8 Å². The molecule has 0 aliphatic carbocycles. The smallest absolute Gasteiger partial charge is 0.188 e. The van der Waals surface area contributed by atoms with Crippen LogP contribution in [0.5, 0.6) is 11.5 Å². The normalized spacial score (nSPS) is 10.4. The monoisotopic (exact) mass is 276 g/mol. The van der Waals surface area contributed by atoms with E-state index in [4.69, 9.17) is 4.74 Å². The van der Waals surface area contributed by atoms with Gasteiger partial charge in [-0.3, -0.25) is 0 Å². The van der Waals surface area contributed by atoms with Gasteiger partial charge in [0.25, 0.3) is 0 Å². The fourth-order valence-electron chi connectivity index (χ4n) is 1.70. The zero-order chi connectivity index (χ0) is 13.7. The summed E-state index contributed by atoms with van der Waals surface area (Å²) in [5, 5.41) is 14.3. The third-order valence-electron chi connectivity index (χ3n) is 2.63. The molecule has 4 nitrogen and oxygen atoms in total. The molecule has 1 aromatic heterocycles. The van der Waals surface area contributed by atoms with Gasteiger partial charge in [0, 0.05) is 17.5 Å². The Bertz CT molecular complexity index is 544. The maximum absolute atomic E-state index is 11.3. The van der Waals surface area contributed by atoms with E-state index in [1.807, 2.05) is 37.6 Å². The Morgan fingerprint density at radius 1 is 1.26 bits per heavy atom. The summed E-state index contributed by atoms with van der Waals surface area (Å²) < 4.78 is 6.59. The molecule has 0 saturated carbocycles. The molecule has 0 fully saturated rings. The summed E-state index contributed by atoms with van der Waals surface area (Å²) in [7, 11) is 1.83. The van der Waals surface area contributed by atoms with Crippen molar-refractivity contribution in [2.75, 3.05) is 13.3 Å². The van der Waals surface area contributed by atoms with Crippen LogP contribution in [-0.2, 0) is 6.54 Å². The van der Waals surface area contributed by atoms with E-state index in [0.717, 1.165) is 16.0 Å². The van der Waals surface area contributed by atoms with E-state index in [2.05, 4.69) is 5.32 Å². The average molecular weight is 276 g/mol. The summed E-state index contributed by atoms with van der Waals surface area (Å²) in [5.41, 5.74) is 0.828. The Morgan fingerprint density at radius 2 is 2.00 bits per heavy atom. The molecule has 0 radical (unpaired) electrons. The van der Waals surface area contributed by atoms with Crippen LogP contribution < -0.4 is 14.8 Å². The van der Waals surface area contributed by atoms with Gasteiger partial charge in [-0.15, -0.1) is 11.8 Å². The Hall–Kier alpha value is -1.72. The predicted molar refractivity (Wildman–Crippen MR) is 76.5 cm³/mol. The highest BCUT2D eigenvalue weighted by Gasteiger charge is 2.08. The summed E-state index contributed by atoms with van der Waals surface area (Å²) in [6, 6.07) is 9.55. The molecule has 1 heterocycles. The fraction of sp³-hybridized carbons (Fsp3) is 0.214. The molecule has 0 aliphatic heterocycles. The van der Waals surface area contributed by atoms with Crippen LogP contribution in [0.4, 0.5) is 0 Å². The van der Waals surface area contributed by atoms with Crippen molar-refractivity contribution >= 4 is 11.8 Å². The molecule has 1 aromatic carbocycles. The topological polar surface area (TPSA) is 48.2 Å². The van der Waals surface area contributed by atoms with Crippen molar-refractivity contribution < 1.29 is 9.47 Å². The van der Waals surface area contributed by atoms with Crippen LogP contribution in [0.15, 0.2) is 47.6 Å². The van der Waals surface area contributed by atoms with E-state index < -0.39 is 0 Å². The van der Waals surface area contributed by atoms with Crippen molar-refractivity contribution in [3.63, 3.8) is 0 Å². The quantitative estimate of drug-likeness (QED) is 0.518. The van der Waals surface area contributed by atoms with Crippen LogP contribution in [0.1, 0.15) is 5.56 Å². The van der Waals surface area contributed by atoms with E-state index in [-0.39, 0.29) is 0 Å². The molecule has 0 atom stereocenters. The summed E-state index contributed by atoms with van der Waals surface area (Å²) in [6.45, 7) is 0.585. The molecule has 2 aromatic rings. The third kappa shape index (κ3) is 3.62. The number of aromatic nitrogens is 1. The highest BCUT2D eigenvalue weighted by atomic mass is 32.2. The summed E-state index contributed by atoms with van der Waals surface area (Å²) >= 11 is 1.69. The lowest BCUT2D eigenvalue weighted by atomic mass is 10.2. The summed E-state index contributed by atoms with van der Waals surface area (Å²) in [5.74, 6) is 1.46. The number of nitrogens with one attached hydrogen (secondary N) is 1. The first-order valence-corrected chi connectivity index (χ1v) is 7.13. The molecular weight excluding hydrogens is 260 g/mol. The number of ether oxygens (including phenoxy) is 1. The lowest BCUT2D eigenvalue weighted by molar-refractivity contribution is -0.605. The number of pyridine rings is 1. The average Bonchev–Trinajstić information content (AvgIpc) is 2.43. The number of rotatable bonds is 5. The zero-order valence-corrected chi connectivity index (χ0v) is 11.7. The number of nitrogens with zero attached hydrogens (tertiary/aromatic N) is 1. The predicted octanol–water partition coefficient (Wildman–Crippen LogP) is 2.55. The van der Waals surface area contributed by atoms with Gasteiger partial charge >= 0.3 is 0 Å². The van der Waals surface area contributed by atoms with Gasteiger partial charge < -0.3 is 15.3 Å². The SMILES string of the molecule is CNCc1c[n+]([O-])ccc1Oc1ccc(SC)cc1. The van der Waals surface area contributed by atoms with Gasteiger partial charge in [-0.2, -0.15) is 4.73 Å². The van der Waals surface area contributed by atoms with Gasteiger partial charge in [-0.1, -0.05) is 0 Å². The Kier molecular flexibility index (Phi) is 4.65. The second-order valence-corrected chi connectivity index (χ2v) is 4.88. The minimum absolute atomic E-state index is 0.585. The zero-order valence-electron chi connectivity index (χ0n) is 10.9. The Balaban J connectivity index is 2.21. The van der Waals surface area contributed by atoms with Crippen LogP contribution in [0.2, 0.25) is 0 Å². The highest BCUT2D eigenvalue weighted by Crippen LogP contribution is 2.26. The molecule has 0 bridgehead atoms. The van der Waals surface area contributed by atoms with Gasteiger partial charge in [0.2, 0.25) is 0 Å². The fourth-order valence-corrected chi connectivity index (χ4v) is 2.11. The molecule has 2 rings (SSSR count). The first kappa shape index (κ1) is 13.7. The second kappa shape index (κ2) is 6.45. The van der Waals surface area contributed by atoms with Gasteiger partial charge in [0.05, 0.1) is 5.56 Å². The molecule has 100 valence electrons. The van der Waals surface area contributed by atoms with E-state index in [0.29, 0.717) is 12.3 Å². The first-order chi connectivity index (χ1) is 9.22. The largest absolute Gasteiger partial charge is 0.619 e. The molecular formula is C14H16N2O2S. The standard InChI is InChI=1S/C14H16N2O2S/c1-15-9-11-10-16(17)8-7-14(11)18-12-3-5-13(19-2)6-4-12/h3-8,10,15H,9H2,1-2H3. The maximum atomic E-state index is 11.3. The van der Waals surface area contributed by atoms with Crippen molar-refractivity contribution in [2.45, 2.75) is 11.4 Å². The highest BCUT2D eigenvalue weighted by molar-refractivity contribution is 7.98. The lowest BCUT2D eigenvalue weighted by Gasteiger charge is -2.10. The molecule has 0 spiro atoms. The van der Waals surface area contributed by atoms with Crippen molar-refractivity contribution in [2.24, 2.45) is 0 Å². The van der Waals surface area contributed by atoms with Gasteiger partial charge in [0.15, 0.2) is 12.4 Å². The minimum Gasteiger partial charge on any atom is -0.619 e. The van der Waals surface area contributed by atoms with Gasteiger partial charge in [0.1, 0.15) is 11.5 Å². The van der Waals surface area contributed by atoms with E-state index in [9.17, 15) is 5.21 Å². The number of thioether (sulfide) groups is 1. The van der Waals surface area contributed by atoms with Crippen LogP contribution in [0.25, 0.3) is 0 Å². The van der Waals surface area contributed by atoms with Crippen LogP contribution in [0.3, 0.4) is 0 Å². The molecule has 0 saturated heterocycles. The van der Waals surface area contributed by atoms with Gasteiger partial charge in [-0.05, 0) is 37.6 Å². The first-order valence-electron chi connectivity index (χ1n) is 5.91. The van der Waals surface area contributed by atoms with Crippen molar-refractivity contribution in [1.29, 1.82) is 0 Å². The molecule has 0 aliphatic rings. The second-order valence-electron chi connectivity index (χ2n) is 4.00. The molecule has 0 unspecified atom stereocenters. The summed E-state index contributed by atoms with van der Waals surface area (Å²) in [6.07, 6.45) is 4.98. The van der Waals surface area contributed by atoms with Gasteiger partial charge in [-0.25, -0.2) is 0 Å². The van der Waals surface area contributed by atoms with Crippen LogP contribution in [-0.4, -0.2) is 13.3 Å². The lowest BCUT2D eigenvalue weighted by Crippen LogP contribution is -2.26. The maximum Gasteiger partial charge on any atom is 0.188 e. The Labute approximate surface area is 117 Å². The van der Waals surface area contributed by atoms with Crippen LogP contribution in [0, 0.1) is 5.21 Å². The molecule has 1 N–H and O–H groups in total. The van der Waals surface area contributed by atoms with E-state index in [1.165, 1.54) is 17.3 Å². The molecule has 19 heavy (non-hydrogen) atoms. The summed E-state index contributed by atoms with van der Waals surface area (Å²) in [4.78, 5) is 1.19.